The van der Waals surface area contributed by atoms with Gasteiger partial charge in [0, 0.05) is 19.0 Å². The van der Waals surface area contributed by atoms with Crippen molar-refractivity contribution in [2.24, 2.45) is 5.92 Å². The molecule has 2 aliphatic rings. The monoisotopic (exact) mass is 298 g/mol. The van der Waals surface area contributed by atoms with Gasteiger partial charge in [-0.2, -0.15) is 0 Å². The van der Waals surface area contributed by atoms with Crippen LogP contribution in [0, 0.1) is 5.92 Å². The van der Waals surface area contributed by atoms with Crippen LogP contribution in [0.1, 0.15) is 39.0 Å². The molecule has 0 aromatic carbocycles. The maximum atomic E-state index is 12.1. The number of ether oxygens (including phenoxy) is 1. The van der Waals surface area contributed by atoms with E-state index in [1.165, 1.54) is 7.11 Å². The number of carbonyl (C=O) groups excluding carboxylic acids is 2. The molecular weight excluding hydrogens is 272 g/mol. The van der Waals surface area contributed by atoms with Crippen LogP contribution in [0.15, 0.2) is 0 Å². The van der Waals surface area contributed by atoms with Crippen molar-refractivity contribution in [2.75, 3.05) is 20.2 Å². The first-order chi connectivity index (χ1) is 9.99. The molecule has 6 nitrogen and oxygen atoms in total. The summed E-state index contributed by atoms with van der Waals surface area (Å²) in [6.07, 6.45) is 4.11. The molecule has 0 aromatic heterocycles. The number of rotatable bonds is 4. The van der Waals surface area contributed by atoms with Crippen molar-refractivity contribution in [2.45, 2.75) is 57.2 Å². The van der Waals surface area contributed by atoms with Gasteiger partial charge in [0.2, 0.25) is 5.91 Å². The summed E-state index contributed by atoms with van der Waals surface area (Å²) < 4.78 is 4.73. The highest BCUT2D eigenvalue weighted by molar-refractivity contribution is 5.81. The summed E-state index contributed by atoms with van der Waals surface area (Å²) in [5.41, 5.74) is 0. The molecule has 2 rings (SSSR count). The van der Waals surface area contributed by atoms with E-state index in [1.807, 2.05) is 0 Å². The van der Waals surface area contributed by atoms with Crippen LogP contribution in [-0.4, -0.2) is 60.3 Å². The third-order valence-corrected chi connectivity index (χ3v) is 4.58. The Kier molecular flexibility index (Phi) is 5.58. The second-order valence-electron chi connectivity index (χ2n) is 6.38. The number of amides is 1. The van der Waals surface area contributed by atoms with Crippen LogP contribution in [0.25, 0.3) is 0 Å². The first-order valence-electron chi connectivity index (χ1n) is 7.79. The molecule has 120 valence electrons. The molecular formula is C15H26N2O4. The lowest BCUT2D eigenvalue weighted by Crippen LogP contribution is -2.46. The summed E-state index contributed by atoms with van der Waals surface area (Å²) >= 11 is 0. The van der Waals surface area contributed by atoms with Gasteiger partial charge in [0.15, 0.2) is 0 Å². The van der Waals surface area contributed by atoms with Gasteiger partial charge in [0.1, 0.15) is 6.04 Å². The quantitative estimate of drug-likeness (QED) is 0.729. The van der Waals surface area contributed by atoms with Crippen molar-refractivity contribution in [3.63, 3.8) is 0 Å². The molecule has 1 amide bonds. The smallest absolute Gasteiger partial charge is 0.323 e. The first kappa shape index (κ1) is 16.2. The molecule has 0 radical (unpaired) electrons. The minimum Gasteiger partial charge on any atom is -0.468 e. The van der Waals surface area contributed by atoms with Crippen LogP contribution in [0.2, 0.25) is 0 Å². The van der Waals surface area contributed by atoms with Crippen LogP contribution in [-0.2, 0) is 14.3 Å². The largest absolute Gasteiger partial charge is 0.468 e. The van der Waals surface area contributed by atoms with E-state index in [4.69, 9.17) is 4.74 Å². The number of carbonyl (C=O) groups is 2. The van der Waals surface area contributed by atoms with Crippen LogP contribution < -0.4 is 5.32 Å². The highest BCUT2D eigenvalue weighted by atomic mass is 16.5. The number of aliphatic hydroxyl groups excluding tert-OH is 1. The molecule has 2 N–H and O–H groups in total. The molecule has 1 saturated heterocycles. The van der Waals surface area contributed by atoms with Gasteiger partial charge in [-0.05, 0) is 31.6 Å². The zero-order valence-electron chi connectivity index (χ0n) is 12.9. The molecule has 1 aliphatic heterocycles. The fourth-order valence-electron chi connectivity index (χ4n) is 3.30. The summed E-state index contributed by atoms with van der Waals surface area (Å²) in [6.45, 7) is 2.72. The van der Waals surface area contributed by atoms with Gasteiger partial charge in [-0.15, -0.1) is 0 Å². The summed E-state index contributed by atoms with van der Waals surface area (Å²) in [4.78, 5) is 25.5. The molecule has 6 heteroatoms. The fourth-order valence-corrected chi connectivity index (χ4v) is 3.30. The van der Waals surface area contributed by atoms with Crippen molar-refractivity contribution in [3.05, 3.63) is 0 Å². The second-order valence-corrected chi connectivity index (χ2v) is 6.38. The summed E-state index contributed by atoms with van der Waals surface area (Å²) in [6, 6.07) is -0.264. The maximum absolute atomic E-state index is 12.1. The summed E-state index contributed by atoms with van der Waals surface area (Å²) in [5, 5.41) is 12.7. The van der Waals surface area contributed by atoms with E-state index in [0.29, 0.717) is 13.0 Å². The Morgan fingerprint density at radius 1 is 1.29 bits per heavy atom. The first-order valence-corrected chi connectivity index (χ1v) is 7.79. The van der Waals surface area contributed by atoms with E-state index < -0.39 is 12.1 Å². The minimum atomic E-state index is -0.572. The number of esters is 1. The number of nitrogens with one attached hydrogen (secondary N) is 1. The Hall–Kier alpha value is -1.14. The number of β-amino-alcohol motifs (C(OH)–C–C–N with tert-alkyl or cyclic N) is 1. The van der Waals surface area contributed by atoms with Gasteiger partial charge < -0.3 is 15.2 Å². The maximum Gasteiger partial charge on any atom is 0.323 e. The van der Waals surface area contributed by atoms with Crippen molar-refractivity contribution in [1.29, 1.82) is 0 Å². The normalized spacial score (nSPS) is 33.7. The van der Waals surface area contributed by atoms with Crippen LogP contribution in [0.3, 0.4) is 0 Å². The fraction of sp³-hybridized carbons (Fsp3) is 0.867. The van der Waals surface area contributed by atoms with E-state index in [9.17, 15) is 14.7 Å². The van der Waals surface area contributed by atoms with Crippen molar-refractivity contribution in [3.8, 4) is 0 Å². The van der Waals surface area contributed by atoms with Crippen molar-refractivity contribution >= 4 is 11.9 Å². The standard InChI is InChI=1S/C15H26N2O4/c1-10-3-5-11(6-4-10)16-14(19)9-17-8-12(18)7-13(17)15(20)21-2/h10-13,18H,3-9H2,1-2H3,(H,16,19). The Balaban J connectivity index is 1.82. The Morgan fingerprint density at radius 2 is 1.95 bits per heavy atom. The molecule has 1 aliphatic carbocycles. The van der Waals surface area contributed by atoms with Gasteiger partial charge in [0.25, 0.3) is 0 Å². The lowest BCUT2D eigenvalue weighted by Gasteiger charge is -2.28. The molecule has 2 fully saturated rings. The summed E-state index contributed by atoms with van der Waals surface area (Å²) in [5.74, 6) is 0.291. The zero-order valence-corrected chi connectivity index (χ0v) is 12.9. The van der Waals surface area contributed by atoms with E-state index in [-0.39, 0.29) is 24.5 Å². The predicted octanol–water partition coefficient (Wildman–Crippen LogP) is 0.290. The SMILES string of the molecule is COC(=O)C1CC(O)CN1CC(=O)NC1CCC(C)CC1. The number of methoxy groups -OCH3 is 1. The van der Waals surface area contributed by atoms with E-state index in [1.54, 1.807) is 4.90 Å². The lowest BCUT2D eigenvalue weighted by molar-refractivity contribution is -0.146. The Labute approximate surface area is 125 Å². The topological polar surface area (TPSA) is 78.9 Å². The van der Waals surface area contributed by atoms with Crippen LogP contribution >= 0.6 is 0 Å². The third-order valence-electron chi connectivity index (χ3n) is 4.58. The average molecular weight is 298 g/mol. The van der Waals surface area contributed by atoms with E-state index >= 15 is 0 Å². The molecule has 21 heavy (non-hydrogen) atoms. The third kappa shape index (κ3) is 4.41. The molecule has 0 spiro atoms. The van der Waals surface area contributed by atoms with Gasteiger partial charge in [-0.1, -0.05) is 6.92 Å². The van der Waals surface area contributed by atoms with Crippen LogP contribution in [0.5, 0.6) is 0 Å². The van der Waals surface area contributed by atoms with Gasteiger partial charge in [-0.25, -0.2) is 0 Å². The molecule has 1 saturated carbocycles. The summed E-state index contributed by atoms with van der Waals surface area (Å²) in [7, 11) is 1.33. The zero-order chi connectivity index (χ0) is 15.4. The lowest BCUT2D eigenvalue weighted by atomic mass is 9.87. The molecule has 0 bridgehead atoms. The highest BCUT2D eigenvalue weighted by Crippen LogP contribution is 2.23. The molecule has 0 aromatic rings. The predicted molar refractivity (Wildman–Crippen MR) is 77.6 cm³/mol. The van der Waals surface area contributed by atoms with Gasteiger partial charge in [-0.3, -0.25) is 14.5 Å². The van der Waals surface area contributed by atoms with Crippen molar-refractivity contribution < 1.29 is 19.4 Å². The molecule has 2 unspecified atom stereocenters. The average Bonchev–Trinajstić information content (AvgIpc) is 2.81. The highest BCUT2D eigenvalue weighted by Gasteiger charge is 2.37. The van der Waals surface area contributed by atoms with Crippen LogP contribution in [0.4, 0.5) is 0 Å². The number of hydrogen-bond acceptors (Lipinski definition) is 5. The van der Waals surface area contributed by atoms with Crippen molar-refractivity contribution in [1.82, 2.24) is 10.2 Å². The van der Waals surface area contributed by atoms with E-state index in [2.05, 4.69) is 12.2 Å². The van der Waals surface area contributed by atoms with Gasteiger partial charge in [0.05, 0.1) is 19.8 Å². The molecule has 1 heterocycles. The number of aliphatic hydroxyl groups is 1. The minimum absolute atomic E-state index is 0.0717. The van der Waals surface area contributed by atoms with E-state index in [0.717, 1.165) is 31.6 Å². The Bertz CT molecular complexity index is 380. The molecule has 2 atom stereocenters. The number of nitrogens with zero attached hydrogens (tertiary/aromatic N) is 1. The second kappa shape index (κ2) is 7.22. The Morgan fingerprint density at radius 3 is 2.57 bits per heavy atom. The van der Waals surface area contributed by atoms with Gasteiger partial charge >= 0.3 is 5.97 Å². The number of likely N-dealkylation sites (tertiary alicyclic amines) is 1. The number of hydrogen-bond donors (Lipinski definition) is 2.